The number of Topliss-reactive ketones (excluding diaryl/α,β-unsaturated/α-hetero) is 1. The number of benzene rings is 1. The molecule has 0 saturated heterocycles. The van der Waals surface area contributed by atoms with Crippen molar-refractivity contribution in [1.82, 2.24) is 10.2 Å². The van der Waals surface area contributed by atoms with Gasteiger partial charge in [0.2, 0.25) is 0 Å². The molecule has 0 radical (unpaired) electrons. The van der Waals surface area contributed by atoms with Gasteiger partial charge in [0.1, 0.15) is 0 Å². The van der Waals surface area contributed by atoms with Crippen LogP contribution in [0.25, 0.3) is 0 Å². The normalized spacial score (nSPS) is 11.7. The van der Waals surface area contributed by atoms with Crippen molar-refractivity contribution in [2.75, 3.05) is 125 Å². The third kappa shape index (κ3) is 52.3. The number of aliphatic hydroxyl groups is 2. The highest BCUT2D eigenvalue weighted by Gasteiger charge is 2.41. The second-order valence-electron chi connectivity index (χ2n) is 21.6. The van der Waals surface area contributed by atoms with Gasteiger partial charge in [0.05, 0.1) is 25.4 Å². The van der Waals surface area contributed by atoms with E-state index in [1.807, 2.05) is 108 Å². The Morgan fingerprint density at radius 2 is 0.854 bits per heavy atom. The molecule has 0 bridgehead atoms. The fourth-order valence-electron chi connectivity index (χ4n) is 9.50. The summed E-state index contributed by atoms with van der Waals surface area (Å²) >= 11 is 0. The van der Waals surface area contributed by atoms with Gasteiger partial charge in [0.15, 0.2) is 11.6 Å². The first kappa shape index (κ1) is 98.6. The molecule has 0 aliphatic carbocycles. The second-order valence-corrected chi connectivity index (χ2v) is 37.1. The monoisotopic (exact) mass is 1460 g/mol. The number of carboxylic acid groups (broad SMARTS) is 2. The van der Waals surface area contributed by atoms with Crippen molar-refractivity contribution in [3.63, 3.8) is 0 Å². The quantitative estimate of drug-likeness (QED) is 0.0116. The number of unbranched alkanes of at least 4 members (excludes halogenated alkanes) is 2. The Kier molecular flexibility index (Phi) is 63.9. The van der Waals surface area contributed by atoms with Crippen LogP contribution in [-0.4, -0.2) is 229 Å². The third-order valence-electron chi connectivity index (χ3n) is 13.4. The van der Waals surface area contributed by atoms with E-state index in [9.17, 15) is 28.8 Å². The van der Waals surface area contributed by atoms with Crippen molar-refractivity contribution in [3.8, 4) is 0 Å². The number of nitrogens with two attached hydrogens (primary N) is 1. The van der Waals surface area contributed by atoms with Gasteiger partial charge in [0.25, 0.3) is 0 Å². The molecular formula is C65H129N3O23Si5. The highest BCUT2D eigenvalue weighted by molar-refractivity contribution is 6.66. The molecule has 0 heterocycles. The first-order valence-corrected chi connectivity index (χ1v) is 45.8. The Balaban J connectivity index is -0.000000554. The molecule has 0 aliphatic rings. The van der Waals surface area contributed by atoms with Crippen molar-refractivity contribution >= 4 is 78.8 Å². The summed E-state index contributed by atoms with van der Waals surface area (Å²) in [5.74, 6) is -2.78. The molecule has 0 spiro atoms. The minimum Gasteiger partial charge on any atom is -0.478 e. The van der Waals surface area contributed by atoms with Gasteiger partial charge in [-0.1, -0.05) is 37.6 Å². The molecule has 1 aromatic rings. The van der Waals surface area contributed by atoms with Gasteiger partial charge in [-0.2, -0.15) is 0 Å². The number of urea groups is 1. The molecule has 96 heavy (non-hydrogen) atoms. The maximum Gasteiger partial charge on any atom is 0.500 e. The van der Waals surface area contributed by atoms with Gasteiger partial charge >= 0.3 is 67.2 Å². The van der Waals surface area contributed by atoms with Gasteiger partial charge in [-0.25, -0.2) is 19.2 Å². The smallest absolute Gasteiger partial charge is 0.478 e. The molecule has 1 aromatic carbocycles. The number of aliphatic hydroxyl groups excluding tert-OH is 2. The van der Waals surface area contributed by atoms with Gasteiger partial charge in [-0.3, -0.25) is 14.5 Å². The topological polar surface area (TPSA) is 345 Å². The molecule has 0 saturated carbocycles. The SMILES string of the molecule is C=C(C)C(=O)OCCC[Si](C)(OCC)OCC.CCO[Si](C)(CCCCC(=O)/C=C\C(=O)O)OCC.CCO[Si](C)(CCCCC(=O)c1ccccc1C(=O)O)OCC.CCO[Si](CCCN(CCO)CCO)(OCC)OCC.CCO[Si](CCCNC(N)=O)(OCC)OCC. The Hall–Kier alpha value is -3.80. The molecular weight excluding hydrogens is 1330 g/mol. The molecule has 0 atom stereocenters. The Labute approximate surface area is 581 Å². The lowest BCUT2D eigenvalue weighted by Gasteiger charge is -2.29. The third-order valence-corrected chi connectivity index (χ3v) is 28.9. The van der Waals surface area contributed by atoms with Crippen LogP contribution in [0.3, 0.4) is 0 Å². The molecule has 2 amide bonds. The summed E-state index contributed by atoms with van der Waals surface area (Å²) in [6.07, 6.45) is 8.19. The van der Waals surface area contributed by atoms with Crippen LogP contribution in [0.1, 0.15) is 169 Å². The summed E-state index contributed by atoms with van der Waals surface area (Å²) in [7, 11) is -11.4. The fraction of sp³-hybridized carbons (Fsp3) is 0.754. The van der Waals surface area contributed by atoms with E-state index in [0.717, 1.165) is 81.4 Å². The number of esters is 1. The first-order chi connectivity index (χ1) is 45.6. The van der Waals surface area contributed by atoms with E-state index in [1.165, 1.54) is 6.07 Å². The van der Waals surface area contributed by atoms with Crippen LogP contribution >= 0.6 is 0 Å². The van der Waals surface area contributed by atoms with Crippen molar-refractivity contribution in [1.29, 1.82) is 0 Å². The number of rotatable bonds is 55. The standard InChI is InChI=1S/C17H26O5Si.C13H31NO5Si.C13H24O5Si.C12H24O4Si.C10H24N2O4Si/c1-4-21-23(3,22-5-2)13-9-8-12-16(18)14-10-6-7-11-15(14)17(19)20;1-4-17-20(18-5-2,19-6-3)13-7-8-14(9-11-15)10-12-16;1-4-17-19(3,18-5-2)11-7-6-8-12(14)9-10-13(15)16;1-6-15-17(5,16-7-2)10-8-9-14-12(13)11(3)4;1-4-14-17(15-5-2,16-6-3)9-7-8-12-10(11)13/h6-7,10-11H,4-5,8-9,12-13H2,1-3H3,(H,19,20);15-16H,4-13H2,1-3H3;9-10H,4-8,11H2,1-3H3,(H,15,16);3,6-10H2,1-2,4-5H3;4-9H2,1-3H3,(H3,11,12,13)/b;;10-9-;;. The number of hydrogen-bond acceptors (Lipinski definition) is 22. The summed E-state index contributed by atoms with van der Waals surface area (Å²) in [4.78, 5) is 68.7. The number of primary amides is 1. The van der Waals surface area contributed by atoms with E-state index in [2.05, 4.69) is 11.9 Å². The highest BCUT2D eigenvalue weighted by atomic mass is 28.4. The van der Waals surface area contributed by atoms with Crippen LogP contribution in [-0.2, 0) is 72.2 Å². The predicted molar refractivity (Wildman–Crippen MR) is 385 cm³/mol. The van der Waals surface area contributed by atoms with Crippen LogP contribution in [0.4, 0.5) is 4.79 Å². The first-order valence-electron chi connectivity index (χ1n) is 34.4. The van der Waals surface area contributed by atoms with Crippen molar-refractivity contribution in [3.05, 3.63) is 59.7 Å². The molecule has 0 aliphatic heterocycles. The second kappa shape index (κ2) is 62.2. The maximum atomic E-state index is 12.2. The Morgan fingerprint density at radius 3 is 1.20 bits per heavy atom. The minimum absolute atomic E-state index is 0.0698. The number of amides is 2. The highest BCUT2D eigenvalue weighted by Crippen LogP contribution is 2.23. The summed E-state index contributed by atoms with van der Waals surface area (Å²) in [5, 5.41) is 38.0. The number of carbonyl (C=O) groups excluding carboxylic acids is 4. The summed E-state index contributed by atoms with van der Waals surface area (Å²) in [5.41, 5.74) is 5.77. The minimum atomic E-state index is -2.56. The van der Waals surface area contributed by atoms with Crippen molar-refractivity contribution in [2.45, 2.75) is 198 Å². The number of allylic oxidation sites excluding steroid dienone is 1. The number of nitrogens with one attached hydrogen (secondary N) is 1. The lowest BCUT2D eigenvalue weighted by atomic mass is 10.0. The van der Waals surface area contributed by atoms with Crippen LogP contribution in [0.5, 0.6) is 0 Å². The number of hydrogen-bond donors (Lipinski definition) is 6. The average Bonchev–Trinajstić information content (AvgIpc) is 1.05. The number of ether oxygens (including phenoxy) is 1. The van der Waals surface area contributed by atoms with Crippen molar-refractivity contribution < 1.29 is 107 Å². The Morgan fingerprint density at radius 1 is 0.490 bits per heavy atom. The molecule has 0 fully saturated rings. The van der Waals surface area contributed by atoms with Crippen LogP contribution in [0, 0.1) is 0 Å². The number of carboxylic acids is 2. The lowest BCUT2D eigenvalue weighted by Crippen LogP contribution is -2.46. The van der Waals surface area contributed by atoms with E-state index in [0.29, 0.717) is 136 Å². The molecule has 31 heteroatoms. The molecule has 562 valence electrons. The van der Waals surface area contributed by atoms with E-state index in [1.54, 1.807) is 25.1 Å². The predicted octanol–water partition coefficient (Wildman–Crippen LogP) is 10.8. The van der Waals surface area contributed by atoms with Crippen LogP contribution in [0.15, 0.2) is 48.6 Å². The molecule has 0 aromatic heterocycles. The molecule has 7 N–H and O–H groups in total. The number of aromatic carboxylic acids is 1. The fourth-order valence-corrected chi connectivity index (χ4v) is 22.1. The maximum absolute atomic E-state index is 12.2. The number of nitrogens with zero attached hydrogens (tertiary/aromatic N) is 1. The Bertz CT molecular complexity index is 2150. The zero-order valence-electron chi connectivity index (χ0n) is 61.6. The van der Waals surface area contributed by atoms with Gasteiger partial charge in [0, 0.05) is 141 Å². The number of ketones is 2. The zero-order valence-corrected chi connectivity index (χ0v) is 66.6. The number of carbonyl (C=O) groups is 6. The van der Waals surface area contributed by atoms with E-state index < -0.39 is 61.3 Å². The van der Waals surface area contributed by atoms with Gasteiger partial charge in [-0.15, -0.1) is 0 Å². The van der Waals surface area contributed by atoms with E-state index in [-0.39, 0.29) is 41.9 Å². The van der Waals surface area contributed by atoms with Crippen LogP contribution < -0.4 is 11.1 Å². The van der Waals surface area contributed by atoms with Gasteiger partial charge in [-0.05, 0) is 179 Å². The summed E-state index contributed by atoms with van der Waals surface area (Å²) in [6.45, 7) is 45.0. The largest absolute Gasteiger partial charge is 0.500 e. The van der Waals surface area contributed by atoms with E-state index in [4.69, 9.17) is 84.0 Å². The molecule has 1 rings (SSSR count). The van der Waals surface area contributed by atoms with Crippen molar-refractivity contribution in [2.24, 2.45) is 5.73 Å². The average molecular weight is 1460 g/mol. The zero-order chi connectivity index (χ0) is 73.8. The van der Waals surface area contributed by atoms with Crippen LogP contribution in [0.2, 0.25) is 49.9 Å². The lowest BCUT2D eigenvalue weighted by molar-refractivity contribution is -0.139. The van der Waals surface area contributed by atoms with Gasteiger partial charge < -0.3 is 89.3 Å². The molecule has 0 unspecified atom stereocenters. The van der Waals surface area contributed by atoms with E-state index >= 15 is 0 Å². The number of aliphatic carboxylic acids is 1. The molecule has 26 nitrogen and oxygen atoms in total. The summed E-state index contributed by atoms with van der Waals surface area (Å²) < 4.78 is 73.7. The summed E-state index contributed by atoms with van der Waals surface area (Å²) in [6, 6.07) is 9.80.